The number of carbonyl (C=O) groups is 2. The number of benzene rings is 2. The summed E-state index contributed by atoms with van der Waals surface area (Å²) < 4.78 is 18.9. The van der Waals surface area contributed by atoms with Crippen molar-refractivity contribution >= 4 is 41.4 Å². The molecule has 0 aromatic heterocycles. The first kappa shape index (κ1) is 28.7. The predicted molar refractivity (Wildman–Crippen MR) is 119 cm³/mol. The fraction of sp³-hybridized carbons (Fsp3) is 0.286. The molecule has 29 heavy (non-hydrogen) atoms. The van der Waals surface area contributed by atoms with Crippen LogP contribution in [0.4, 0.5) is 0 Å². The minimum atomic E-state index is -0.376. The molecule has 2 rings (SSSR count). The number of hydrogen-bond donors (Lipinski definition) is 0. The molecule has 8 heteroatoms. The van der Waals surface area contributed by atoms with E-state index in [0.29, 0.717) is 11.5 Å². The normalized spacial score (nSPS) is 8.41. The zero-order valence-electron chi connectivity index (χ0n) is 16.8. The van der Waals surface area contributed by atoms with Crippen LogP contribution in [0.3, 0.4) is 0 Å². The second kappa shape index (κ2) is 21.8. The van der Waals surface area contributed by atoms with Gasteiger partial charge in [0.25, 0.3) is 0 Å². The van der Waals surface area contributed by atoms with Gasteiger partial charge in [0.15, 0.2) is 12.4 Å². The van der Waals surface area contributed by atoms with Crippen LogP contribution in [-0.4, -0.2) is 58.0 Å². The lowest BCUT2D eigenvalue weighted by Gasteiger charge is -2.02. The summed E-state index contributed by atoms with van der Waals surface area (Å²) in [6.45, 7) is 0.00796. The van der Waals surface area contributed by atoms with Gasteiger partial charge in [-0.15, -0.1) is 11.6 Å². The minimum absolute atomic E-state index is 0.00678. The van der Waals surface area contributed by atoms with Crippen molar-refractivity contribution in [1.29, 1.82) is 0 Å². The zero-order chi connectivity index (χ0) is 22.3. The number of methoxy groups -OCH3 is 2. The summed E-state index contributed by atoms with van der Waals surface area (Å²) in [6, 6.07) is 18.3. The lowest BCUT2D eigenvalue weighted by molar-refractivity contribution is -0.142. The van der Waals surface area contributed by atoms with Crippen molar-refractivity contribution in [2.45, 2.75) is 0 Å². The second-order valence-electron chi connectivity index (χ2n) is 4.86. The monoisotopic (exact) mass is 442 g/mol. The summed E-state index contributed by atoms with van der Waals surface area (Å²) in [7, 11) is 4.58. The maximum absolute atomic E-state index is 10.7. The summed E-state index contributed by atoms with van der Waals surface area (Å²) >= 11 is 9.12. The first-order chi connectivity index (χ1) is 14.1. The zero-order valence-corrected chi connectivity index (χ0v) is 18.4. The third-order valence-corrected chi connectivity index (χ3v) is 2.92. The highest BCUT2D eigenvalue weighted by Gasteiger charge is 2.00. The van der Waals surface area contributed by atoms with Gasteiger partial charge >= 0.3 is 5.97 Å². The van der Waals surface area contributed by atoms with Crippen molar-refractivity contribution in [3.63, 3.8) is 0 Å². The van der Waals surface area contributed by atoms with E-state index in [1.165, 1.54) is 7.11 Å². The van der Waals surface area contributed by atoms with Gasteiger partial charge in [0.1, 0.15) is 18.1 Å². The number of ketones is 1. The van der Waals surface area contributed by atoms with Crippen LogP contribution in [0, 0.1) is 0 Å². The Morgan fingerprint density at radius 1 is 0.828 bits per heavy atom. The maximum Gasteiger partial charge on any atom is 0.343 e. The smallest absolute Gasteiger partial charge is 0.343 e. The van der Waals surface area contributed by atoms with Gasteiger partial charge in [-0.1, -0.05) is 48.6 Å². The van der Waals surface area contributed by atoms with Gasteiger partial charge < -0.3 is 18.9 Å². The summed E-state index contributed by atoms with van der Waals surface area (Å²) in [5, 5.41) is 0. The molecule has 160 valence electrons. The van der Waals surface area contributed by atoms with Crippen LogP contribution in [0.1, 0.15) is 0 Å². The molecule has 0 saturated heterocycles. The Balaban J connectivity index is 0. The van der Waals surface area contributed by atoms with Gasteiger partial charge in [-0.25, -0.2) is 4.79 Å². The molecule has 6 nitrogen and oxygen atoms in total. The number of hydrogen-bond acceptors (Lipinski definition) is 7. The number of carbonyl (C=O) groups excluding carboxylic acids is 2. The Bertz CT molecular complexity index is 585. The standard InChI is InChI=1S/C9H9ClO2.C9H10O3.C2H6O.CH2S/c10-6-8(11)7-12-9-4-2-1-3-5-9;1-11-9(10)7-12-8-5-3-2-4-6-8;1-3-2;1-2/h1-5H,6-7H2;2-6H,7H2,1H3;1-2H3;1H2. The number of halogens is 1. The molecule has 0 atom stereocenters. The van der Waals surface area contributed by atoms with Gasteiger partial charge in [-0.3, -0.25) is 4.79 Å². The Morgan fingerprint density at radius 2 is 1.21 bits per heavy atom. The van der Waals surface area contributed by atoms with Crippen LogP contribution in [0.2, 0.25) is 0 Å². The molecule has 0 aliphatic carbocycles. The molecule has 0 N–H and O–H groups in total. The molecular formula is C21H27ClO6S. The average Bonchev–Trinajstić information content (AvgIpc) is 2.79. The SMILES string of the molecule is C=S.COC.COC(=O)COc1ccccc1.O=C(CCl)COc1ccccc1. The molecule has 0 bridgehead atoms. The molecule has 0 saturated carbocycles. The number of Topliss-reactive ketones (excluding diaryl/α,β-unsaturated/α-hetero) is 1. The Labute approximate surface area is 182 Å². The fourth-order valence-electron chi connectivity index (χ4n) is 1.44. The van der Waals surface area contributed by atoms with E-state index >= 15 is 0 Å². The summed E-state index contributed by atoms with van der Waals surface area (Å²) in [6.07, 6.45) is 0. The Hall–Kier alpha value is -2.48. The second-order valence-corrected chi connectivity index (χ2v) is 5.13. The van der Waals surface area contributed by atoms with Crippen molar-refractivity contribution in [1.82, 2.24) is 0 Å². The molecule has 0 aliphatic rings. The van der Waals surface area contributed by atoms with Gasteiger partial charge in [0, 0.05) is 14.2 Å². The molecule has 0 spiro atoms. The first-order valence-electron chi connectivity index (χ1n) is 8.26. The molecule has 0 radical (unpaired) electrons. The van der Waals surface area contributed by atoms with Gasteiger partial charge in [0.05, 0.1) is 13.0 Å². The van der Waals surface area contributed by atoms with Crippen LogP contribution in [0.15, 0.2) is 60.7 Å². The fourth-order valence-corrected chi connectivity index (χ4v) is 1.51. The quantitative estimate of drug-likeness (QED) is 0.364. The van der Waals surface area contributed by atoms with E-state index in [-0.39, 0.29) is 30.8 Å². The molecule has 0 amide bonds. The van der Waals surface area contributed by atoms with Crippen molar-refractivity contribution in [2.24, 2.45) is 0 Å². The highest BCUT2D eigenvalue weighted by Crippen LogP contribution is 2.08. The molecule has 2 aromatic rings. The van der Waals surface area contributed by atoms with E-state index < -0.39 is 0 Å². The predicted octanol–water partition coefficient (Wildman–Crippen LogP) is 3.99. The third kappa shape index (κ3) is 18.6. The number of alkyl halides is 1. The van der Waals surface area contributed by atoms with E-state index in [2.05, 4.69) is 27.6 Å². The van der Waals surface area contributed by atoms with Crippen molar-refractivity contribution in [3.8, 4) is 11.5 Å². The van der Waals surface area contributed by atoms with Crippen LogP contribution in [-0.2, 0) is 19.1 Å². The summed E-state index contributed by atoms with van der Waals surface area (Å²) in [5.41, 5.74) is 0. The van der Waals surface area contributed by atoms with E-state index in [4.69, 9.17) is 21.1 Å². The molecule has 2 aromatic carbocycles. The van der Waals surface area contributed by atoms with Crippen molar-refractivity contribution in [2.75, 3.05) is 40.4 Å². The summed E-state index contributed by atoms with van der Waals surface area (Å²) in [5.74, 6) is 3.71. The molecule has 0 unspecified atom stereocenters. The van der Waals surface area contributed by atoms with Gasteiger partial charge in [-0.2, -0.15) is 0 Å². The Kier molecular flexibility index (Phi) is 21.6. The van der Waals surface area contributed by atoms with Crippen molar-refractivity contribution < 1.29 is 28.5 Å². The lowest BCUT2D eigenvalue weighted by atomic mass is 10.3. The van der Waals surface area contributed by atoms with Gasteiger partial charge in [0.2, 0.25) is 0 Å². The van der Waals surface area contributed by atoms with Crippen LogP contribution in [0.5, 0.6) is 11.5 Å². The van der Waals surface area contributed by atoms with E-state index in [1.807, 2.05) is 36.4 Å². The minimum Gasteiger partial charge on any atom is -0.486 e. The Morgan fingerprint density at radius 3 is 1.55 bits per heavy atom. The first-order valence-corrected chi connectivity index (χ1v) is 9.37. The third-order valence-electron chi connectivity index (χ3n) is 2.62. The number of thiocarbonyl (C=S) groups is 1. The number of para-hydroxylation sites is 2. The van der Waals surface area contributed by atoms with Crippen LogP contribution < -0.4 is 9.47 Å². The molecular weight excluding hydrogens is 416 g/mol. The highest BCUT2D eigenvalue weighted by atomic mass is 35.5. The van der Waals surface area contributed by atoms with Crippen LogP contribution in [0.25, 0.3) is 0 Å². The summed E-state index contributed by atoms with van der Waals surface area (Å²) in [4.78, 5) is 21.4. The average molecular weight is 443 g/mol. The number of rotatable bonds is 7. The molecule has 0 heterocycles. The van der Waals surface area contributed by atoms with E-state index in [1.54, 1.807) is 38.5 Å². The lowest BCUT2D eigenvalue weighted by Crippen LogP contribution is -2.12. The molecule has 0 fully saturated rings. The highest BCUT2D eigenvalue weighted by molar-refractivity contribution is 7.77. The molecule has 0 aliphatic heterocycles. The largest absolute Gasteiger partial charge is 0.486 e. The number of esters is 1. The van der Waals surface area contributed by atoms with Crippen LogP contribution >= 0.6 is 23.8 Å². The van der Waals surface area contributed by atoms with Crippen molar-refractivity contribution in [3.05, 3.63) is 60.7 Å². The van der Waals surface area contributed by atoms with E-state index in [0.717, 1.165) is 0 Å². The van der Waals surface area contributed by atoms with Gasteiger partial charge in [-0.05, 0) is 30.1 Å². The maximum atomic E-state index is 10.7. The number of ether oxygens (including phenoxy) is 4. The topological polar surface area (TPSA) is 71.1 Å². The van der Waals surface area contributed by atoms with E-state index in [9.17, 15) is 9.59 Å².